The van der Waals surface area contributed by atoms with Crippen LogP contribution in [0.3, 0.4) is 0 Å². The molecule has 0 radical (unpaired) electrons. The van der Waals surface area contributed by atoms with Crippen LogP contribution in [-0.4, -0.2) is 51.1 Å². The van der Waals surface area contributed by atoms with Crippen molar-refractivity contribution in [2.45, 2.75) is 39.0 Å². The minimum absolute atomic E-state index is 0.00690. The van der Waals surface area contributed by atoms with E-state index in [1.165, 1.54) is 0 Å². The third-order valence-electron chi connectivity index (χ3n) is 5.55. The summed E-state index contributed by atoms with van der Waals surface area (Å²) < 4.78 is 5.27. The summed E-state index contributed by atoms with van der Waals surface area (Å²) in [7, 11) is 1.85. The van der Waals surface area contributed by atoms with Crippen LogP contribution in [0.1, 0.15) is 53.2 Å². The zero-order chi connectivity index (χ0) is 21.1. The van der Waals surface area contributed by atoms with Crippen molar-refractivity contribution in [2.24, 2.45) is 0 Å². The second kappa shape index (κ2) is 8.61. The normalized spacial score (nSPS) is 16.5. The van der Waals surface area contributed by atoms with Crippen LogP contribution in [0.15, 0.2) is 35.1 Å². The highest BCUT2D eigenvalue weighted by atomic mass is 16.5. The average molecular weight is 406 g/mol. The fourth-order valence-electron chi connectivity index (χ4n) is 3.93. The van der Waals surface area contributed by atoms with E-state index in [2.05, 4.69) is 20.4 Å². The van der Waals surface area contributed by atoms with E-state index in [1.807, 2.05) is 37.1 Å². The van der Waals surface area contributed by atoms with Gasteiger partial charge in [-0.05, 0) is 38.3 Å². The summed E-state index contributed by atoms with van der Waals surface area (Å²) in [4.78, 5) is 28.6. The molecule has 0 bridgehead atoms. The van der Waals surface area contributed by atoms with Crippen LogP contribution < -0.4 is 5.32 Å². The molecular formula is C22H26N6O2. The molecule has 3 aromatic heterocycles. The molecule has 1 unspecified atom stereocenters. The van der Waals surface area contributed by atoms with Crippen LogP contribution >= 0.6 is 0 Å². The van der Waals surface area contributed by atoms with Crippen LogP contribution in [0.25, 0.3) is 11.4 Å². The maximum absolute atomic E-state index is 13.2. The van der Waals surface area contributed by atoms with Gasteiger partial charge in [0.15, 0.2) is 5.82 Å². The van der Waals surface area contributed by atoms with Crippen LogP contribution in [0.4, 0.5) is 5.82 Å². The Labute approximate surface area is 175 Å². The van der Waals surface area contributed by atoms with Gasteiger partial charge in [-0.15, -0.1) is 0 Å². The number of amides is 1. The monoisotopic (exact) mass is 406 g/mol. The van der Waals surface area contributed by atoms with Gasteiger partial charge in [0.05, 0.1) is 11.4 Å². The van der Waals surface area contributed by atoms with E-state index in [1.54, 1.807) is 19.3 Å². The van der Waals surface area contributed by atoms with Gasteiger partial charge in [-0.25, -0.2) is 9.97 Å². The maximum atomic E-state index is 13.2. The van der Waals surface area contributed by atoms with Crippen LogP contribution in [0.5, 0.6) is 0 Å². The topological polar surface area (TPSA) is 97.0 Å². The SMILES string of the molecule is CCc1noc(C)c1C(=O)N1CCCC(c2cc(NC)nc(-c3ccncc3)n2)C1. The lowest BCUT2D eigenvalue weighted by molar-refractivity contribution is 0.0703. The summed E-state index contributed by atoms with van der Waals surface area (Å²) in [6.45, 7) is 5.12. The Morgan fingerprint density at radius 1 is 1.30 bits per heavy atom. The number of aryl methyl sites for hydroxylation is 2. The number of nitrogens with zero attached hydrogens (tertiary/aromatic N) is 5. The number of hydrogen-bond donors (Lipinski definition) is 1. The first-order valence-corrected chi connectivity index (χ1v) is 10.3. The van der Waals surface area contributed by atoms with Crippen molar-refractivity contribution in [1.29, 1.82) is 0 Å². The number of rotatable bonds is 5. The highest BCUT2D eigenvalue weighted by molar-refractivity contribution is 5.96. The molecule has 8 nitrogen and oxygen atoms in total. The minimum Gasteiger partial charge on any atom is -0.373 e. The van der Waals surface area contributed by atoms with E-state index >= 15 is 0 Å². The van der Waals surface area contributed by atoms with Crippen molar-refractivity contribution in [2.75, 3.05) is 25.5 Å². The molecule has 1 aliphatic heterocycles. The average Bonchev–Trinajstić information content (AvgIpc) is 3.19. The Hall–Kier alpha value is -3.29. The lowest BCUT2D eigenvalue weighted by Crippen LogP contribution is -2.39. The van der Waals surface area contributed by atoms with Gasteiger partial charge in [0.1, 0.15) is 17.1 Å². The Morgan fingerprint density at radius 3 is 2.83 bits per heavy atom. The van der Waals surface area contributed by atoms with Crippen molar-refractivity contribution in [1.82, 2.24) is 25.0 Å². The first kappa shape index (κ1) is 20.0. The van der Waals surface area contributed by atoms with Gasteiger partial charge in [-0.1, -0.05) is 12.1 Å². The lowest BCUT2D eigenvalue weighted by Gasteiger charge is -2.32. The van der Waals surface area contributed by atoms with Crippen molar-refractivity contribution < 1.29 is 9.32 Å². The standard InChI is InChI=1S/C22H26N6O2/c1-4-17-20(14(2)30-27-17)22(29)28-11-5-6-16(13-28)18-12-19(23-3)26-21(25-18)15-7-9-24-10-8-15/h7-10,12,16H,4-6,11,13H2,1-3H3,(H,23,25,26). The summed E-state index contributed by atoms with van der Waals surface area (Å²) >= 11 is 0. The van der Waals surface area contributed by atoms with Gasteiger partial charge in [0, 0.05) is 50.1 Å². The molecule has 1 atom stereocenters. The summed E-state index contributed by atoms with van der Waals surface area (Å²) in [5, 5.41) is 7.17. The van der Waals surface area contributed by atoms with E-state index < -0.39 is 0 Å². The number of aromatic nitrogens is 4. The van der Waals surface area contributed by atoms with Gasteiger partial charge in [-0.2, -0.15) is 0 Å². The van der Waals surface area contributed by atoms with Gasteiger partial charge < -0.3 is 14.7 Å². The summed E-state index contributed by atoms with van der Waals surface area (Å²) in [6.07, 6.45) is 6.03. The zero-order valence-corrected chi connectivity index (χ0v) is 17.6. The molecule has 8 heteroatoms. The van der Waals surface area contributed by atoms with E-state index in [9.17, 15) is 4.79 Å². The fraction of sp³-hybridized carbons (Fsp3) is 0.409. The molecule has 3 aromatic rings. The summed E-state index contributed by atoms with van der Waals surface area (Å²) in [6, 6.07) is 5.78. The molecule has 1 amide bonds. The lowest BCUT2D eigenvalue weighted by atomic mass is 9.93. The number of likely N-dealkylation sites (tertiary alicyclic amines) is 1. The van der Waals surface area contributed by atoms with Gasteiger partial charge in [0.25, 0.3) is 5.91 Å². The number of nitrogens with one attached hydrogen (secondary N) is 1. The van der Waals surface area contributed by atoms with Crippen molar-refractivity contribution in [3.05, 3.63) is 53.3 Å². The van der Waals surface area contributed by atoms with E-state index in [4.69, 9.17) is 9.51 Å². The van der Waals surface area contributed by atoms with Crippen LogP contribution in [-0.2, 0) is 6.42 Å². The number of anilines is 1. The van der Waals surface area contributed by atoms with Gasteiger partial charge >= 0.3 is 0 Å². The quantitative estimate of drug-likeness (QED) is 0.693. The summed E-state index contributed by atoms with van der Waals surface area (Å²) in [5.41, 5.74) is 3.18. The van der Waals surface area contributed by atoms with Gasteiger partial charge in [-0.3, -0.25) is 9.78 Å². The number of carbonyl (C=O) groups is 1. The number of hydrogen-bond acceptors (Lipinski definition) is 7. The molecule has 0 aliphatic carbocycles. The second-order valence-corrected chi connectivity index (χ2v) is 7.49. The zero-order valence-electron chi connectivity index (χ0n) is 17.6. The van der Waals surface area contributed by atoms with Gasteiger partial charge in [0.2, 0.25) is 0 Å². The molecule has 156 valence electrons. The molecule has 30 heavy (non-hydrogen) atoms. The molecule has 0 aromatic carbocycles. The number of piperidine rings is 1. The van der Waals surface area contributed by atoms with Crippen molar-refractivity contribution in [3.63, 3.8) is 0 Å². The molecule has 4 heterocycles. The molecule has 1 fully saturated rings. The Kier molecular flexibility index (Phi) is 5.74. The largest absolute Gasteiger partial charge is 0.373 e. The smallest absolute Gasteiger partial charge is 0.259 e. The molecule has 1 aliphatic rings. The second-order valence-electron chi connectivity index (χ2n) is 7.49. The van der Waals surface area contributed by atoms with E-state index in [0.29, 0.717) is 30.1 Å². The Bertz CT molecular complexity index is 1030. The predicted molar refractivity (Wildman–Crippen MR) is 113 cm³/mol. The number of pyridine rings is 1. The molecule has 1 N–H and O–H groups in total. The van der Waals surface area contributed by atoms with Crippen LogP contribution in [0.2, 0.25) is 0 Å². The molecule has 1 saturated heterocycles. The van der Waals surface area contributed by atoms with E-state index in [0.717, 1.165) is 42.2 Å². The van der Waals surface area contributed by atoms with E-state index in [-0.39, 0.29) is 11.8 Å². The first-order valence-electron chi connectivity index (χ1n) is 10.3. The Balaban J connectivity index is 1.62. The third-order valence-corrected chi connectivity index (χ3v) is 5.55. The fourth-order valence-corrected chi connectivity index (χ4v) is 3.93. The molecule has 0 saturated carbocycles. The van der Waals surface area contributed by atoms with Crippen molar-refractivity contribution in [3.8, 4) is 11.4 Å². The molecule has 4 rings (SSSR count). The third kappa shape index (κ3) is 3.90. The molecule has 0 spiro atoms. The highest BCUT2D eigenvalue weighted by Gasteiger charge is 2.30. The predicted octanol–water partition coefficient (Wildman–Crippen LogP) is 3.46. The highest BCUT2D eigenvalue weighted by Crippen LogP contribution is 2.30. The minimum atomic E-state index is -0.00690. The molecular weight excluding hydrogens is 380 g/mol. The number of carbonyl (C=O) groups excluding carboxylic acids is 1. The maximum Gasteiger partial charge on any atom is 0.259 e. The first-order chi connectivity index (χ1) is 14.6. The Morgan fingerprint density at radius 2 is 2.10 bits per heavy atom. The van der Waals surface area contributed by atoms with Crippen molar-refractivity contribution >= 4 is 11.7 Å². The van der Waals surface area contributed by atoms with Crippen LogP contribution in [0, 0.1) is 6.92 Å². The summed E-state index contributed by atoms with van der Waals surface area (Å²) in [5.74, 6) is 2.14.